The number of thioether (sulfide) groups is 1. The van der Waals surface area contributed by atoms with Crippen LogP contribution >= 0.6 is 11.8 Å². The van der Waals surface area contributed by atoms with Gasteiger partial charge >= 0.3 is 11.9 Å². The van der Waals surface area contributed by atoms with Crippen molar-refractivity contribution in [2.45, 2.75) is 56.3 Å². The highest BCUT2D eigenvalue weighted by molar-refractivity contribution is 7.99. The fraction of sp³-hybridized carbons (Fsp3) is 0.367. The van der Waals surface area contributed by atoms with Crippen molar-refractivity contribution >= 4 is 41.4 Å². The summed E-state index contributed by atoms with van der Waals surface area (Å²) in [5.41, 5.74) is 0.876. The molecule has 2 aromatic carbocycles. The lowest BCUT2D eigenvalue weighted by molar-refractivity contribution is -0.139. The molecule has 0 fully saturated rings. The van der Waals surface area contributed by atoms with Gasteiger partial charge in [0.2, 0.25) is 17.7 Å². The number of carboxylic acids is 2. The Kier molecular flexibility index (Phi) is 13.8. The van der Waals surface area contributed by atoms with Crippen molar-refractivity contribution in [2.24, 2.45) is 0 Å². The zero-order valence-corrected chi connectivity index (χ0v) is 25.5. The highest BCUT2D eigenvalue weighted by atomic mass is 32.2. The molecular formula is C30H36N6O8S. The molecule has 3 aromatic rings. The summed E-state index contributed by atoms with van der Waals surface area (Å²) in [5.74, 6) is -4.33. The molecule has 1 unspecified atom stereocenters. The minimum absolute atomic E-state index is 0.0383. The Morgan fingerprint density at radius 3 is 2.33 bits per heavy atom. The molecule has 3 rings (SSSR count). The van der Waals surface area contributed by atoms with Crippen LogP contribution in [-0.2, 0) is 32.0 Å². The van der Waals surface area contributed by atoms with Gasteiger partial charge in [-0.2, -0.15) is 5.10 Å². The van der Waals surface area contributed by atoms with Crippen LogP contribution in [0, 0.1) is 0 Å². The number of amides is 3. The summed E-state index contributed by atoms with van der Waals surface area (Å²) in [6, 6.07) is 11.0. The van der Waals surface area contributed by atoms with Crippen LogP contribution in [0.25, 0.3) is 0 Å². The number of aromatic carboxylic acids is 1. The van der Waals surface area contributed by atoms with E-state index in [1.54, 1.807) is 0 Å². The SMILES string of the molecule is CCCCCNC(=O)[C@H](Cc1ccc(OCC(=O)O)c(C(=O)O)c1)NC(=O)C(Cc1ccccc1)NC(=O)CSc1ncn[nH]1. The molecule has 1 heterocycles. The molecule has 14 nitrogen and oxygen atoms in total. The number of hydrogen-bond acceptors (Lipinski definition) is 9. The lowest BCUT2D eigenvalue weighted by atomic mass is 10.0. The molecule has 0 saturated heterocycles. The summed E-state index contributed by atoms with van der Waals surface area (Å²) in [4.78, 5) is 66.6. The van der Waals surface area contributed by atoms with Crippen molar-refractivity contribution in [1.29, 1.82) is 0 Å². The van der Waals surface area contributed by atoms with Crippen molar-refractivity contribution in [3.8, 4) is 5.75 Å². The van der Waals surface area contributed by atoms with Gasteiger partial charge in [-0.25, -0.2) is 14.6 Å². The first-order chi connectivity index (χ1) is 21.7. The van der Waals surface area contributed by atoms with Crippen LogP contribution in [0.1, 0.15) is 47.7 Å². The fourth-order valence-corrected chi connectivity index (χ4v) is 4.85. The van der Waals surface area contributed by atoms with E-state index < -0.39 is 48.4 Å². The van der Waals surface area contributed by atoms with Crippen LogP contribution in [0.3, 0.4) is 0 Å². The molecule has 0 saturated carbocycles. The molecule has 2 atom stereocenters. The third-order valence-corrected chi connectivity index (χ3v) is 7.32. The van der Waals surface area contributed by atoms with E-state index in [4.69, 9.17) is 9.84 Å². The number of nitrogens with zero attached hydrogens (tertiary/aromatic N) is 2. The maximum absolute atomic E-state index is 13.7. The number of ether oxygens (including phenoxy) is 1. The van der Waals surface area contributed by atoms with Gasteiger partial charge in [-0.3, -0.25) is 19.5 Å². The minimum Gasteiger partial charge on any atom is -0.481 e. The number of unbranched alkanes of at least 4 members (excludes halogenated alkanes) is 2. The Morgan fingerprint density at radius 1 is 0.933 bits per heavy atom. The Bertz CT molecular complexity index is 1440. The molecule has 45 heavy (non-hydrogen) atoms. The van der Waals surface area contributed by atoms with Gasteiger partial charge < -0.3 is 30.9 Å². The number of benzene rings is 2. The van der Waals surface area contributed by atoms with Crippen LogP contribution < -0.4 is 20.7 Å². The second-order valence-electron chi connectivity index (χ2n) is 9.97. The van der Waals surface area contributed by atoms with Crippen molar-refractivity contribution < 1.29 is 38.9 Å². The molecule has 0 radical (unpaired) electrons. The lowest BCUT2D eigenvalue weighted by Gasteiger charge is -2.24. The molecule has 15 heteroatoms. The molecule has 6 N–H and O–H groups in total. The molecule has 0 bridgehead atoms. The second-order valence-corrected chi connectivity index (χ2v) is 10.9. The normalized spacial score (nSPS) is 12.0. The molecule has 0 spiro atoms. The average molecular weight is 641 g/mol. The molecule has 0 aliphatic heterocycles. The lowest BCUT2D eigenvalue weighted by Crippen LogP contribution is -2.55. The van der Waals surface area contributed by atoms with Gasteiger partial charge in [0.1, 0.15) is 29.7 Å². The predicted octanol–water partition coefficient (Wildman–Crippen LogP) is 1.82. The van der Waals surface area contributed by atoms with Gasteiger partial charge in [-0.15, -0.1) is 0 Å². The number of carboxylic acid groups (broad SMARTS) is 2. The van der Waals surface area contributed by atoms with Crippen molar-refractivity contribution in [3.63, 3.8) is 0 Å². The van der Waals surface area contributed by atoms with E-state index in [9.17, 15) is 29.1 Å². The van der Waals surface area contributed by atoms with Crippen molar-refractivity contribution in [1.82, 2.24) is 31.1 Å². The van der Waals surface area contributed by atoms with E-state index in [0.29, 0.717) is 17.3 Å². The van der Waals surface area contributed by atoms with Crippen LogP contribution in [0.5, 0.6) is 5.75 Å². The van der Waals surface area contributed by atoms with E-state index in [1.165, 1.54) is 24.5 Å². The average Bonchev–Trinajstić information content (AvgIpc) is 3.55. The Hall–Kier alpha value is -4.92. The van der Waals surface area contributed by atoms with Crippen LogP contribution in [0.2, 0.25) is 0 Å². The third kappa shape index (κ3) is 11.9. The topological polar surface area (TPSA) is 213 Å². The monoisotopic (exact) mass is 640 g/mol. The number of carbonyl (C=O) groups excluding carboxylic acids is 3. The summed E-state index contributed by atoms with van der Waals surface area (Å²) in [7, 11) is 0. The number of aliphatic carboxylic acids is 1. The van der Waals surface area contributed by atoms with Crippen LogP contribution in [0.15, 0.2) is 60.0 Å². The van der Waals surface area contributed by atoms with Crippen LogP contribution in [-0.4, -0.2) is 86.0 Å². The highest BCUT2D eigenvalue weighted by Gasteiger charge is 2.28. The maximum atomic E-state index is 13.7. The largest absolute Gasteiger partial charge is 0.481 e. The molecule has 1 aromatic heterocycles. The molecule has 3 amide bonds. The first-order valence-corrected chi connectivity index (χ1v) is 15.2. The zero-order chi connectivity index (χ0) is 32.6. The summed E-state index contributed by atoms with van der Waals surface area (Å²) >= 11 is 1.11. The van der Waals surface area contributed by atoms with Gasteiger partial charge in [0.15, 0.2) is 11.8 Å². The van der Waals surface area contributed by atoms with E-state index in [1.807, 2.05) is 37.3 Å². The first-order valence-electron chi connectivity index (χ1n) is 14.3. The number of rotatable bonds is 19. The fourth-order valence-electron chi connectivity index (χ4n) is 4.26. The number of aromatic nitrogens is 3. The second kappa shape index (κ2) is 18.0. The zero-order valence-electron chi connectivity index (χ0n) is 24.7. The quantitative estimate of drug-likeness (QED) is 0.0821. The number of H-pyrrole nitrogens is 1. The molecular weight excluding hydrogens is 604 g/mol. The summed E-state index contributed by atoms with van der Waals surface area (Å²) in [6.45, 7) is 1.67. The Morgan fingerprint density at radius 2 is 1.67 bits per heavy atom. The number of aromatic amines is 1. The Balaban J connectivity index is 1.82. The smallest absolute Gasteiger partial charge is 0.341 e. The predicted molar refractivity (Wildman–Crippen MR) is 164 cm³/mol. The number of hydrogen-bond donors (Lipinski definition) is 6. The van der Waals surface area contributed by atoms with Gasteiger partial charge in [-0.1, -0.05) is 67.9 Å². The van der Waals surface area contributed by atoms with Gasteiger partial charge in [-0.05, 0) is 29.7 Å². The van der Waals surface area contributed by atoms with Gasteiger partial charge in [0.05, 0.1) is 5.75 Å². The molecule has 0 aliphatic carbocycles. The highest BCUT2D eigenvalue weighted by Crippen LogP contribution is 2.22. The minimum atomic E-state index is -1.35. The van der Waals surface area contributed by atoms with E-state index in [-0.39, 0.29) is 29.9 Å². The van der Waals surface area contributed by atoms with Crippen molar-refractivity contribution in [2.75, 3.05) is 18.9 Å². The standard InChI is InChI=1S/C30H36N6O8S/c1-2-3-7-12-31-27(40)22(15-20-10-11-24(44-16-26(38)39)21(13-20)29(42)43)35-28(41)23(14-19-8-5-4-6-9-19)34-25(37)17-45-30-32-18-33-36-30/h4-6,8-11,13,18,22-23H,2-3,7,12,14-17H2,1H3,(H,31,40)(H,34,37)(H,35,41)(H,38,39)(H,42,43)(H,32,33,36)/t22-,23?/m0/s1. The van der Waals surface area contributed by atoms with Crippen LogP contribution in [0.4, 0.5) is 0 Å². The first kappa shape index (κ1) is 34.6. The van der Waals surface area contributed by atoms with Gasteiger partial charge in [0, 0.05) is 19.4 Å². The summed E-state index contributed by atoms with van der Waals surface area (Å²) in [6.07, 6.45) is 3.95. The van der Waals surface area contributed by atoms with E-state index >= 15 is 0 Å². The number of carbonyl (C=O) groups is 5. The third-order valence-electron chi connectivity index (χ3n) is 6.45. The summed E-state index contributed by atoms with van der Waals surface area (Å²) in [5, 5.41) is 33.7. The summed E-state index contributed by atoms with van der Waals surface area (Å²) < 4.78 is 5.10. The van der Waals surface area contributed by atoms with Crippen molar-refractivity contribution in [3.05, 3.63) is 71.5 Å². The van der Waals surface area contributed by atoms with E-state index in [2.05, 4.69) is 31.1 Å². The van der Waals surface area contributed by atoms with E-state index in [0.717, 1.165) is 36.6 Å². The maximum Gasteiger partial charge on any atom is 0.341 e. The molecule has 0 aliphatic rings. The number of nitrogens with one attached hydrogen (secondary N) is 4. The molecule has 240 valence electrons. The Labute approximate surface area is 263 Å². The van der Waals surface area contributed by atoms with Gasteiger partial charge in [0.25, 0.3) is 0 Å².